The summed E-state index contributed by atoms with van der Waals surface area (Å²) in [7, 11) is 1.94. The van der Waals surface area contributed by atoms with Gasteiger partial charge in [-0.25, -0.2) is 0 Å². The van der Waals surface area contributed by atoms with E-state index in [1.165, 1.54) is 0 Å². The first kappa shape index (κ1) is 11.0. The third-order valence-electron chi connectivity index (χ3n) is 2.01. The topological polar surface area (TPSA) is 39.1 Å². The third-order valence-corrected chi connectivity index (χ3v) is 2.01. The summed E-state index contributed by atoms with van der Waals surface area (Å²) in [5.41, 5.74) is 2.23. The maximum absolute atomic E-state index is 5.25. The molecule has 0 aliphatic carbocycles. The minimum Gasteiger partial charge on any atom is -0.380 e. The van der Waals surface area contributed by atoms with E-state index in [-0.39, 0.29) is 0 Å². The van der Waals surface area contributed by atoms with Crippen molar-refractivity contribution in [3.63, 3.8) is 0 Å². The average molecular weight is 197 g/mol. The quantitative estimate of drug-likeness (QED) is 0.701. The molecule has 1 aromatic rings. The number of rotatable bonds is 6. The molecular formula is C10H19N3O. The molecule has 0 fully saturated rings. The molecule has 0 radical (unpaired) electrons. The van der Waals surface area contributed by atoms with Crippen molar-refractivity contribution in [2.75, 3.05) is 25.1 Å². The maximum atomic E-state index is 5.25. The van der Waals surface area contributed by atoms with Gasteiger partial charge in [0.05, 0.1) is 18.0 Å². The Kier molecular flexibility index (Phi) is 4.46. The summed E-state index contributed by atoms with van der Waals surface area (Å²) >= 11 is 0. The minimum absolute atomic E-state index is 0.745. The number of anilines is 1. The van der Waals surface area contributed by atoms with Gasteiger partial charge < -0.3 is 10.1 Å². The number of ether oxygens (including phenoxy) is 1. The summed E-state index contributed by atoms with van der Waals surface area (Å²) in [4.78, 5) is 0. The Balaban J connectivity index is 2.41. The van der Waals surface area contributed by atoms with Crippen LogP contribution in [0.4, 0.5) is 5.69 Å². The lowest BCUT2D eigenvalue weighted by Crippen LogP contribution is -2.09. The molecule has 0 atom stereocenters. The standard InChI is InChI=1S/C10H19N3O/c1-4-9-10(8-13(3)12-9)11-6-7-14-5-2/h8,11H,4-7H2,1-3H3. The molecule has 14 heavy (non-hydrogen) atoms. The van der Waals surface area contributed by atoms with E-state index in [4.69, 9.17) is 4.74 Å². The first-order valence-corrected chi connectivity index (χ1v) is 5.12. The molecule has 1 heterocycles. The van der Waals surface area contributed by atoms with Crippen LogP contribution in [0.15, 0.2) is 6.20 Å². The van der Waals surface area contributed by atoms with Crippen LogP contribution in [0, 0.1) is 0 Å². The molecule has 0 bridgehead atoms. The van der Waals surface area contributed by atoms with Crippen LogP contribution in [-0.4, -0.2) is 29.5 Å². The molecule has 0 aliphatic rings. The lowest BCUT2D eigenvalue weighted by Gasteiger charge is -2.04. The fourth-order valence-corrected chi connectivity index (χ4v) is 1.35. The molecule has 4 nitrogen and oxygen atoms in total. The summed E-state index contributed by atoms with van der Waals surface area (Å²) in [5.74, 6) is 0. The van der Waals surface area contributed by atoms with Crippen molar-refractivity contribution < 1.29 is 4.74 Å². The predicted molar refractivity (Wildman–Crippen MR) is 57.6 cm³/mol. The molecule has 0 saturated carbocycles. The Morgan fingerprint density at radius 2 is 2.29 bits per heavy atom. The summed E-state index contributed by atoms with van der Waals surface area (Å²) in [6.45, 7) is 6.47. The van der Waals surface area contributed by atoms with Crippen molar-refractivity contribution in [3.8, 4) is 0 Å². The summed E-state index contributed by atoms with van der Waals surface area (Å²) in [5, 5.41) is 7.65. The Bertz CT molecular complexity index is 270. The molecule has 1 aromatic heterocycles. The molecule has 0 spiro atoms. The predicted octanol–water partition coefficient (Wildman–Crippen LogP) is 1.43. The first-order chi connectivity index (χ1) is 6.77. The number of aryl methyl sites for hydroxylation is 2. The van der Waals surface area contributed by atoms with Crippen LogP contribution >= 0.6 is 0 Å². The fourth-order valence-electron chi connectivity index (χ4n) is 1.35. The van der Waals surface area contributed by atoms with E-state index >= 15 is 0 Å². The van der Waals surface area contributed by atoms with E-state index in [1.54, 1.807) is 0 Å². The highest BCUT2D eigenvalue weighted by atomic mass is 16.5. The van der Waals surface area contributed by atoms with E-state index in [2.05, 4.69) is 17.3 Å². The van der Waals surface area contributed by atoms with Crippen molar-refractivity contribution in [3.05, 3.63) is 11.9 Å². The normalized spacial score (nSPS) is 10.5. The van der Waals surface area contributed by atoms with Gasteiger partial charge in [-0.15, -0.1) is 0 Å². The number of hydrogen-bond acceptors (Lipinski definition) is 3. The van der Waals surface area contributed by atoms with E-state index in [9.17, 15) is 0 Å². The number of aromatic nitrogens is 2. The molecular weight excluding hydrogens is 178 g/mol. The van der Waals surface area contributed by atoms with Crippen LogP contribution in [0.1, 0.15) is 19.5 Å². The van der Waals surface area contributed by atoms with E-state index < -0.39 is 0 Å². The van der Waals surface area contributed by atoms with Crippen LogP contribution in [0.5, 0.6) is 0 Å². The lowest BCUT2D eigenvalue weighted by atomic mass is 10.3. The Morgan fingerprint density at radius 1 is 1.50 bits per heavy atom. The van der Waals surface area contributed by atoms with E-state index in [0.717, 1.165) is 37.6 Å². The third kappa shape index (κ3) is 3.03. The van der Waals surface area contributed by atoms with Gasteiger partial charge >= 0.3 is 0 Å². The van der Waals surface area contributed by atoms with Gasteiger partial charge in [0, 0.05) is 26.4 Å². The average Bonchev–Trinajstić information content (AvgIpc) is 2.54. The van der Waals surface area contributed by atoms with Crippen LogP contribution < -0.4 is 5.32 Å². The van der Waals surface area contributed by atoms with Gasteiger partial charge in [0.1, 0.15) is 0 Å². The summed E-state index contributed by atoms with van der Waals surface area (Å²) in [6, 6.07) is 0. The van der Waals surface area contributed by atoms with Crippen molar-refractivity contribution in [1.29, 1.82) is 0 Å². The maximum Gasteiger partial charge on any atom is 0.0853 e. The summed E-state index contributed by atoms with van der Waals surface area (Å²) in [6.07, 6.45) is 2.96. The zero-order valence-corrected chi connectivity index (χ0v) is 9.21. The van der Waals surface area contributed by atoms with Gasteiger partial charge in [0.25, 0.3) is 0 Å². The van der Waals surface area contributed by atoms with E-state index in [1.807, 2.05) is 24.9 Å². The molecule has 0 saturated heterocycles. The van der Waals surface area contributed by atoms with Crippen molar-refractivity contribution in [2.45, 2.75) is 20.3 Å². The van der Waals surface area contributed by atoms with Crippen molar-refractivity contribution in [2.24, 2.45) is 7.05 Å². The molecule has 1 rings (SSSR count). The Hall–Kier alpha value is -1.03. The van der Waals surface area contributed by atoms with Crippen molar-refractivity contribution in [1.82, 2.24) is 9.78 Å². The van der Waals surface area contributed by atoms with Gasteiger partial charge in [0.15, 0.2) is 0 Å². The zero-order chi connectivity index (χ0) is 10.4. The lowest BCUT2D eigenvalue weighted by molar-refractivity contribution is 0.158. The van der Waals surface area contributed by atoms with Crippen LogP contribution in [0.3, 0.4) is 0 Å². The van der Waals surface area contributed by atoms with Crippen LogP contribution in [-0.2, 0) is 18.2 Å². The van der Waals surface area contributed by atoms with Gasteiger partial charge in [0.2, 0.25) is 0 Å². The molecule has 1 N–H and O–H groups in total. The minimum atomic E-state index is 0.745. The van der Waals surface area contributed by atoms with Gasteiger partial charge in [-0.05, 0) is 13.3 Å². The molecule has 0 amide bonds. The largest absolute Gasteiger partial charge is 0.380 e. The second-order valence-electron chi connectivity index (χ2n) is 3.14. The summed E-state index contributed by atoms with van der Waals surface area (Å²) < 4.78 is 7.08. The van der Waals surface area contributed by atoms with Crippen LogP contribution in [0.25, 0.3) is 0 Å². The molecule has 0 unspecified atom stereocenters. The number of hydrogen-bond donors (Lipinski definition) is 1. The highest BCUT2D eigenvalue weighted by Crippen LogP contribution is 2.12. The molecule has 80 valence electrons. The Labute approximate surface area is 85.3 Å². The van der Waals surface area contributed by atoms with Gasteiger partial charge in [-0.3, -0.25) is 4.68 Å². The number of nitrogens with one attached hydrogen (secondary N) is 1. The highest BCUT2D eigenvalue weighted by molar-refractivity contribution is 5.46. The van der Waals surface area contributed by atoms with Crippen molar-refractivity contribution >= 4 is 5.69 Å². The van der Waals surface area contributed by atoms with Crippen LogP contribution in [0.2, 0.25) is 0 Å². The molecule has 0 aliphatic heterocycles. The first-order valence-electron chi connectivity index (χ1n) is 5.12. The number of nitrogens with zero attached hydrogens (tertiary/aromatic N) is 2. The fraction of sp³-hybridized carbons (Fsp3) is 0.700. The highest BCUT2D eigenvalue weighted by Gasteiger charge is 2.03. The molecule has 0 aromatic carbocycles. The second-order valence-corrected chi connectivity index (χ2v) is 3.14. The zero-order valence-electron chi connectivity index (χ0n) is 9.21. The second kappa shape index (κ2) is 5.65. The SMILES string of the molecule is CCOCCNc1cn(C)nc1CC. The van der Waals surface area contributed by atoms with E-state index in [0.29, 0.717) is 0 Å². The monoisotopic (exact) mass is 197 g/mol. The smallest absolute Gasteiger partial charge is 0.0853 e. The van der Waals surface area contributed by atoms with Gasteiger partial charge in [-0.2, -0.15) is 5.10 Å². The Morgan fingerprint density at radius 3 is 2.93 bits per heavy atom. The molecule has 4 heteroatoms. The van der Waals surface area contributed by atoms with Gasteiger partial charge in [-0.1, -0.05) is 6.92 Å².